The van der Waals surface area contributed by atoms with Gasteiger partial charge in [-0.05, 0) is 12.8 Å². The van der Waals surface area contributed by atoms with E-state index in [-0.39, 0.29) is 4.90 Å². The van der Waals surface area contributed by atoms with Crippen molar-refractivity contribution in [2.75, 3.05) is 13.0 Å². The van der Waals surface area contributed by atoms with Crippen molar-refractivity contribution in [3.8, 4) is 0 Å². The van der Waals surface area contributed by atoms with Gasteiger partial charge in [-0.25, -0.2) is 4.79 Å². The molecule has 1 amide bonds. The largest absolute Gasteiger partial charge is 0.465 e. The third kappa shape index (κ3) is 1.60. The van der Waals surface area contributed by atoms with Crippen molar-refractivity contribution in [1.29, 1.82) is 0 Å². The summed E-state index contributed by atoms with van der Waals surface area (Å²) in [6.07, 6.45) is -5.59. The summed E-state index contributed by atoms with van der Waals surface area (Å²) in [4.78, 5) is 10.7. The van der Waals surface area contributed by atoms with Crippen LogP contribution >= 0.6 is 0 Å². The summed E-state index contributed by atoms with van der Waals surface area (Å²) in [7, 11) is 0. The molecular formula is C6H11NO3. The van der Waals surface area contributed by atoms with E-state index in [0.29, 0.717) is 0 Å². The number of amides is 1. The molecule has 0 aromatic carbocycles. The average Bonchev–Trinajstić information content (AvgIpc) is 1.71. The molecule has 4 nitrogen and oxygen atoms in total. The molecule has 1 aliphatic rings. The van der Waals surface area contributed by atoms with Crippen LogP contribution in [0.1, 0.15) is 19.7 Å². The second-order valence-corrected chi connectivity index (χ2v) is 1.85. The van der Waals surface area contributed by atoms with E-state index in [2.05, 4.69) is 0 Å². The molecule has 1 heterocycles. The minimum Gasteiger partial charge on any atom is -0.465 e. The zero-order valence-electron chi connectivity index (χ0n) is 10.2. The predicted molar refractivity (Wildman–Crippen MR) is 34.8 cm³/mol. The number of nitrogens with zero attached hydrogens (tertiary/aromatic N) is 1. The van der Waals surface area contributed by atoms with Crippen molar-refractivity contribution in [3.63, 3.8) is 0 Å². The maximum Gasteiger partial charge on any atom is 0.407 e. The molecule has 10 heavy (non-hydrogen) atoms. The van der Waals surface area contributed by atoms with Gasteiger partial charge in [-0.1, -0.05) is 0 Å². The Morgan fingerprint density at radius 3 is 2.60 bits per heavy atom. The van der Waals surface area contributed by atoms with Crippen molar-refractivity contribution in [1.82, 2.24) is 4.90 Å². The normalized spacial score (nSPS) is 41.7. The molecule has 1 fully saturated rings. The summed E-state index contributed by atoms with van der Waals surface area (Å²) in [5.74, 6) is 0. The Bertz CT molecular complexity index is 272. The number of hydrogen-bond donors (Lipinski definition) is 2. The Morgan fingerprint density at radius 2 is 2.20 bits per heavy atom. The van der Waals surface area contributed by atoms with Crippen LogP contribution in [0.25, 0.3) is 0 Å². The number of rotatable bonds is 0. The molecule has 0 bridgehead atoms. The van der Waals surface area contributed by atoms with Crippen LogP contribution in [0.2, 0.25) is 0 Å². The lowest BCUT2D eigenvalue weighted by atomic mass is 10.1. The standard InChI is InChI=1S/C6H11NO3/c8-5-1-3-7(4-2-5)6(9)10/h5,8H,1-4H2,(H,9,10)/i3D2,4D2,5D. The van der Waals surface area contributed by atoms with E-state index in [4.69, 9.17) is 12.0 Å². The maximum absolute atomic E-state index is 10.7. The van der Waals surface area contributed by atoms with E-state index < -0.39 is 38.0 Å². The number of carboxylic acid groups (broad SMARTS) is 1. The SMILES string of the molecule is [2H]C1(O)CC([2H])([2H])N(C(=O)O)C([2H])([2H])C1. The van der Waals surface area contributed by atoms with Crippen LogP contribution in [0.15, 0.2) is 0 Å². The second-order valence-electron chi connectivity index (χ2n) is 1.85. The smallest absolute Gasteiger partial charge is 0.407 e. The fourth-order valence-electron chi connectivity index (χ4n) is 0.594. The molecule has 0 aromatic heterocycles. The summed E-state index contributed by atoms with van der Waals surface area (Å²) >= 11 is 0. The van der Waals surface area contributed by atoms with Gasteiger partial charge >= 0.3 is 6.09 Å². The lowest BCUT2D eigenvalue weighted by Crippen LogP contribution is -2.39. The molecule has 2 N–H and O–H groups in total. The predicted octanol–water partition coefficient (Wildman–Crippen LogP) is 0.121. The monoisotopic (exact) mass is 150 g/mol. The summed E-state index contributed by atoms with van der Waals surface area (Å²) in [6, 6.07) is 0. The molecule has 0 unspecified atom stereocenters. The molecule has 1 rings (SSSR count). The van der Waals surface area contributed by atoms with Gasteiger partial charge in [0.1, 0.15) is 0 Å². The first-order chi connectivity index (χ1) is 6.48. The highest BCUT2D eigenvalue weighted by atomic mass is 16.4. The van der Waals surface area contributed by atoms with Gasteiger partial charge in [-0.3, -0.25) is 0 Å². The minimum absolute atomic E-state index is 0.00299. The first kappa shape index (κ1) is 3.09. The van der Waals surface area contributed by atoms with Crippen LogP contribution in [-0.4, -0.2) is 40.3 Å². The number of carbonyl (C=O) groups is 1. The van der Waals surface area contributed by atoms with Crippen LogP contribution in [0.4, 0.5) is 4.79 Å². The molecule has 4 heteroatoms. The van der Waals surface area contributed by atoms with Crippen molar-refractivity contribution in [2.45, 2.75) is 18.9 Å². The lowest BCUT2D eigenvalue weighted by molar-refractivity contribution is 0.0769. The van der Waals surface area contributed by atoms with E-state index in [0.717, 1.165) is 0 Å². The zero-order valence-corrected chi connectivity index (χ0v) is 5.16. The van der Waals surface area contributed by atoms with E-state index in [1.807, 2.05) is 0 Å². The topological polar surface area (TPSA) is 60.8 Å². The highest BCUT2D eigenvalue weighted by Crippen LogP contribution is 2.08. The Hall–Kier alpha value is -0.770. The Morgan fingerprint density at radius 1 is 1.70 bits per heavy atom. The fourth-order valence-corrected chi connectivity index (χ4v) is 0.594. The quantitative estimate of drug-likeness (QED) is 0.515. The summed E-state index contributed by atoms with van der Waals surface area (Å²) < 4.78 is 36.5. The van der Waals surface area contributed by atoms with Crippen LogP contribution in [-0.2, 0) is 0 Å². The van der Waals surface area contributed by atoms with Gasteiger partial charge in [-0.2, -0.15) is 0 Å². The van der Waals surface area contributed by atoms with Crippen LogP contribution in [0, 0.1) is 0 Å². The van der Waals surface area contributed by atoms with Crippen molar-refractivity contribution < 1.29 is 21.9 Å². The number of hydrogen-bond acceptors (Lipinski definition) is 2. The Kier molecular flexibility index (Phi) is 0.888. The van der Waals surface area contributed by atoms with Crippen LogP contribution in [0.3, 0.4) is 0 Å². The molecule has 0 spiro atoms. The van der Waals surface area contributed by atoms with E-state index in [1.165, 1.54) is 0 Å². The van der Waals surface area contributed by atoms with Gasteiger partial charge in [0.05, 0.1) is 7.45 Å². The van der Waals surface area contributed by atoms with Crippen molar-refractivity contribution in [2.24, 2.45) is 0 Å². The number of likely N-dealkylation sites (tertiary alicyclic amines) is 1. The summed E-state index contributed by atoms with van der Waals surface area (Å²) in [6.45, 7) is -5.19. The zero-order chi connectivity index (χ0) is 12.1. The van der Waals surface area contributed by atoms with Gasteiger partial charge in [0, 0.05) is 18.5 Å². The summed E-state index contributed by atoms with van der Waals surface area (Å²) in [5, 5.41) is 18.0. The van der Waals surface area contributed by atoms with Crippen molar-refractivity contribution in [3.05, 3.63) is 0 Å². The third-order valence-electron chi connectivity index (χ3n) is 1.07. The number of aliphatic hydroxyl groups is 1. The third-order valence-corrected chi connectivity index (χ3v) is 1.07. The first-order valence-electron chi connectivity index (χ1n) is 5.24. The van der Waals surface area contributed by atoms with Crippen LogP contribution in [0.5, 0.6) is 0 Å². The molecule has 0 saturated carbocycles. The van der Waals surface area contributed by atoms with E-state index in [9.17, 15) is 9.90 Å². The fraction of sp³-hybridized carbons (Fsp3) is 0.833. The molecule has 0 aromatic rings. The maximum atomic E-state index is 10.7. The van der Waals surface area contributed by atoms with Gasteiger partial charge < -0.3 is 15.1 Å². The van der Waals surface area contributed by atoms with E-state index >= 15 is 0 Å². The molecule has 0 radical (unpaired) electrons. The van der Waals surface area contributed by atoms with Gasteiger partial charge in [-0.15, -0.1) is 0 Å². The average molecular weight is 150 g/mol. The Labute approximate surface area is 66.1 Å². The minimum atomic E-state index is -2.59. The van der Waals surface area contributed by atoms with Gasteiger partial charge in [0.2, 0.25) is 0 Å². The molecule has 1 aliphatic heterocycles. The molecule has 58 valence electrons. The molecule has 1 saturated heterocycles. The number of piperidine rings is 1. The highest BCUT2D eigenvalue weighted by molar-refractivity contribution is 5.64. The Balaban J connectivity index is 3.12. The van der Waals surface area contributed by atoms with E-state index in [1.54, 1.807) is 0 Å². The van der Waals surface area contributed by atoms with Gasteiger partial charge in [0.25, 0.3) is 0 Å². The molecule has 0 aliphatic carbocycles. The van der Waals surface area contributed by atoms with Crippen molar-refractivity contribution >= 4 is 6.09 Å². The second kappa shape index (κ2) is 2.88. The van der Waals surface area contributed by atoms with Crippen LogP contribution < -0.4 is 0 Å². The first-order valence-corrected chi connectivity index (χ1v) is 2.74. The molecule has 0 atom stereocenters. The molecular weight excluding hydrogens is 134 g/mol. The highest BCUT2D eigenvalue weighted by Gasteiger charge is 2.19. The lowest BCUT2D eigenvalue weighted by Gasteiger charge is -2.26. The van der Waals surface area contributed by atoms with Gasteiger partial charge in [0.15, 0.2) is 0 Å². The summed E-state index contributed by atoms with van der Waals surface area (Å²) in [5.41, 5.74) is 0.